The van der Waals surface area contributed by atoms with E-state index in [4.69, 9.17) is 0 Å². The Morgan fingerprint density at radius 1 is 1.13 bits per heavy atom. The van der Waals surface area contributed by atoms with E-state index in [1.54, 1.807) is 17.8 Å². The van der Waals surface area contributed by atoms with E-state index < -0.39 is 15.4 Å². The van der Waals surface area contributed by atoms with Crippen LogP contribution in [0.25, 0.3) is 11.1 Å². The lowest BCUT2D eigenvalue weighted by Crippen LogP contribution is -2.31. The van der Waals surface area contributed by atoms with Crippen LogP contribution in [0.2, 0.25) is 0 Å². The first-order valence-corrected chi connectivity index (χ1v) is 12.0. The number of carbonyl (C=O) groups excluding carboxylic acids is 1. The molecule has 0 unspecified atom stereocenters. The van der Waals surface area contributed by atoms with Gasteiger partial charge in [0.2, 0.25) is 10.0 Å². The molecule has 1 aromatic carbocycles. The highest BCUT2D eigenvalue weighted by atomic mass is 32.2. The molecule has 1 fully saturated rings. The Kier molecular flexibility index (Phi) is 5.42. The summed E-state index contributed by atoms with van der Waals surface area (Å²) in [5.74, 6) is 0.0141. The van der Waals surface area contributed by atoms with Gasteiger partial charge in [-0.15, -0.1) is 11.3 Å². The average molecular weight is 443 g/mol. The molecule has 1 aliphatic rings. The van der Waals surface area contributed by atoms with Gasteiger partial charge in [-0.3, -0.25) is 9.52 Å². The number of hydrogen-bond acceptors (Lipinski definition) is 7. The molecular formula is C21H22N4O3S2. The molecule has 0 saturated heterocycles. The molecule has 30 heavy (non-hydrogen) atoms. The fourth-order valence-electron chi connectivity index (χ4n) is 3.00. The van der Waals surface area contributed by atoms with Gasteiger partial charge < -0.3 is 0 Å². The van der Waals surface area contributed by atoms with Gasteiger partial charge >= 0.3 is 0 Å². The van der Waals surface area contributed by atoms with Crippen molar-refractivity contribution >= 4 is 32.3 Å². The van der Waals surface area contributed by atoms with E-state index in [0.717, 1.165) is 16.7 Å². The zero-order valence-corrected chi connectivity index (χ0v) is 18.3. The number of sulfonamides is 1. The normalized spacial score (nSPS) is 14.5. The number of nitrogens with one attached hydrogen (secondary N) is 1. The molecule has 0 radical (unpaired) electrons. The molecule has 9 heteroatoms. The van der Waals surface area contributed by atoms with Crippen LogP contribution in [-0.4, -0.2) is 34.4 Å². The van der Waals surface area contributed by atoms with E-state index in [9.17, 15) is 13.2 Å². The van der Waals surface area contributed by atoms with Gasteiger partial charge in [-0.05, 0) is 37.8 Å². The smallest absolute Gasteiger partial charge is 0.237 e. The van der Waals surface area contributed by atoms with Crippen LogP contribution >= 0.6 is 11.3 Å². The number of hydrogen-bond donors (Lipinski definition) is 1. The van der Waals surface area contributed by atoms with Crippen molar-refractivity contribution in [1.82, 2.24) is 15.0 Å². The summed E-state index contributed by atoms with van der Waals surface area (Å²) in [4.78, 5) is 25.4. The second-order valence-electron chi connectivity index (χ2n) is 7.93. The number of ketones is 1. The highest BCUT2D eigenvalue weighted by molar-refractivity contribution is 7.93. The van der Waals surface area contributed by atoms with Crippen molar-refractivity contribution in [2.45, 2.75) is 43.8 Å². The number of anilines is 1. The molecule has 1 saturated carbocycles. The Hall–Kier alpha value is -2.65. The molecule has 1 N–H and O–H groups in total. The fourth-order valence-corrected chi connectivity index (χ4v) is 5.48. The van der Waals surface area contributed by atoms with Crippen LogP contribution in [0.4, 0.5) is 5.13 Å². The molecule has 156 valence electrons. The van der Waals surface area contributed by atoms with E-state index in [0.29, 0.717) is 23.7 Å². The van der Waals surface area contributed by atoms with Crippen molar-refractivity contribution in [3.8, 4) is 11.1 Å². The maximum atomic E-state index is 13.0. The third-order valence-electron chi connectivity index (χ3n) is 5.25. The van der Waals surface area contributed by atoms with Crippen LogP contribution in [0.5, 0.6) is 0 Å². The minimum Gasteiger partial charge on any atom is -0.298 e. The average Bonchev–Trinajstić information content (AvgIpc) is 3.50. The van der Waals surface area contributed by atoms with E-state index in [1.165, 1.54) is 17.7 Å². The van der Waals surface area contributed by atoms with Crippen molar-refractivity contribution in [1.29, 1.82) is 0 Å². The Balaban J connectivity index is 1.45. The van der Waals surface area contributed by atoms with Crippen molar-refractivity contribution in [2.75, 3.05) is 4.72 Å². The summed E-state index contributed by atoms with van der Waals surface area (Å²) in [5, 5.41) is 1.75. The second kappa shape index (κ2) is 7.88. The van der Waals surface area contributed by atoms with Gasteiger partial charge in [-0.2, -0.15) is 0 Å². The zero-order chi connectivity index (χ0) is 21.4. The molecule has 0 bridgehead atoms. The number of nitrogens with zero attached hydrogens (tertiary/aromatic N) is 3. The van der Waals surface area contributed by atoms with Gasteiger partial charge in [0, 0.05) is 29.8 Å². The molecule has 7 nitrogen and oxygen atoms in total. The largest absolute Gasteiger partial charge is 0.298 e. The van der Waals surface area contributed by atoms with Gasteiger partial charge in [-0.1, -0.05) is 24.3 Å². The fraction of sp³-hybridized carbons (Fsp3) is 0.333. The number of aromatic nitrogens is 3. The maximum absolute atomic E-state index is 13.0. The van der Waals surface area contributed by atoms with Crippen LogP contribution in [0, 0.1) is 0 Å². The molecule has 4 rings (SSSR count). The van der Waals surface area contributed by atoms with Gasteiger partial charge in [0.05, 0.1) is 16.4 Å². The highest BCUT2D eigenvalue weighted by Gasteiger charge is 2.37. The molecular weight excluding hydrogens is 420 g/mol. The van der Waals surface area contributed by atoms with Crippen LogP contribution in [-0.2, 0) is 26.7 Å². The molecule has 1 aliphatic carbocycles. The van der Waals surface area contributed by atoms with Crippen LogP contribution in [0.15, 0.2) is 48.4 Å². The van der Waals surface area contributed by atoms with E-state index in [1.807, 2.05) is 38.1 Å². The van der Waals surface area contributed by atoms with Crippen molar-refractivity contribution in [2.24, 2.45) is 0 Å². The summed E-state index contributed by atoms with van der Waals surface area (Å²) in [6, 6.07) is 7.74. The number of Topliss-reactive ketones (excluding diaryl/α,β-unsaturated/α-hetero) is 1. The van der Waals surface area contributed by atoms with Crippen LogP contribution in [0.3, 0.4) is 0 Å². The molecule has 0 atom stereocenters. The van der Waals surface area contributed by atoms with E-state index >= 15 is 0 Å². The Labute approximate surface area is 179 Å². The maximum Gasteiger partial charge on any atom is 0.237 e. The first-order chi connectivity index (χ1) is 14.3. The van der Waals surface area contributed by atoms with Crippen molar-refractivity contribution in [3.05, 3.63) is 59.6 Å². The standard InChI is InChI=1S/C21H22N4O3S2/c1-21(2,18-12-29-20(24-18)25-30(27,28)17-7-8-17)19(26)9-14-3-5-15(6-4-14)16-10-22-13-23-11-16/h3-6,10-13,17H,7-9H2,1-2H3,(H,24,25). The summed E-state index contributed by atoms with van der Waals surface area (Å²) >= 11 is 1.21. The summed E-state index contributed by atoms with van der Waals surface area (Å²) in [7, 11) is -3.36. The van der Waals surface area contributed by atoms with Crippen LogP contribution in [0.1, 0.15) is 37.9 Å². The minimum absolute atomic E-state index is 0.0141. The monoisotopic (exact) mass is 442 g/mol. The molecule has 0 spiro atoms. The summed E-state index contributed by atoms with van der Waals surface area (Å²) in [5.41, 5.74) is 2.55. The number of benzene rings is 1. The Bertz CT molecular complexity index is 1150. The van der Waals surface area contributed by atoms with Gasteiger partial charge in [0.15, 0.2) is 5.13 Å². The third kappa shape index (κ3) is 4.41. The lowest BCUT2D eigenvalue weighted by atomic mass is 9.82. The molecule has 2 heterocycles. The predicted molar refractivity (Wildman–Crippen MR) is 117 cm³/mol. The van der Waals surface area contributed by atoms with E-state index in [-0.39, 0.29) is 17.5 Å². The summed E-state index contributed by atoms with van der Waals surface area (Å²) in [6.07, 6.45) is 6.61. The Morgan fingerprint density at radius 2 is 1.80 bits per heavy atom. The zero-order valence-electron chi connectivity index (χ0n) is 16.7. The minimum atomic E-state index is -3.36. The Morgan fingerprint density at radius 3 is 2.43 bits per heavy atom. The quantitative estimate of drug-likeness (QED) is 0.572. The SMILES string of the molecule is CC(C)(C(=O)Cc1ccc(-c2cncnc2)cc1)c1csc(NS(=O)(=O)C2CC2)n1. The molecule has 0 amide bonds. The summed E-state index contributed by atoms with van der Waals surface area (Å²) in [6.45, 7) is 3.64. The van der Waals surface area contributed by atoms with Crippen LogP contribution < -0.4 is 4.72 Å². The lowest BCUT2D eigenvalue weighted by Gasteiger charge is -2.21. The van der Waals surface area contributed by atoms with Gasteiger partial charge in [-0.25, -0.2) is 23.4 Å². The van der Waals surface area contributed by atoms with Crippen molar-refractivity contribution in [3.63, 3.8) is 0 Å². The summed E-state index contributed by atoms with van der Waals surface area (Å²) < 4.78 is 26.8. The van der Waals surface area contributed by atoms with E-state index in [2.05, 4.69) is 19.7 Å². The predicted octanol–water partition coefficient (Wildman–Crippen LogP) is 3.59. The number of thiazole rings is 1. The van der Waals surface area contributed by atoms with Crippen molar-refractivity contribution < 1.29 is 13.2 Å². The highest BCUT2D eigenvalue weighted by Crippen LogP contribution is 2.33. The number of rotatable bonds is 8. The first kappa shape index (κ1) is 20.6. The molecule has 0 aliphatic heterocycles. The molecule has 2 aromatic heterocycles. The van der Waals surface area contributed by atoms with Gasteiger partial charge in [0.25, 0.3) is 0 Å². The molecule has 3 aromatic rings. The third-order valence-corrected chi connectivity index (χ3v) is 7.96. The topological polar surface area (TPSA) is 102 Å². The first-order valence-electron chi connectivity index (χ1n) is 9.61. The number of carbonyl (C=O) groups is 1. The second-order valence-corrected chi connectivity index (χ2v) is 10.8. The van der Waals surface area contributed by atoms with Gasteiger partial charge in [0.1, 0.15) is 12.1 Å². The lowest BCUT2D eigenvalue weighted by molar-refractivity contribution is -0.122.